The third kappa shape index (κ3) is 3.23. The van der Waals surface area contributed by atoms with Crippen LogP contribution in [0.1, 0.15) is 5.56 Å². The highest BCUT2D eigenvalue weighted by Gasteiger charge is 2.30. The van der Waals surface area contributed by atoms with E-state index in [1.807, 2.05) is 0 Å². The summed E-state index contributed by atoms with van der Waals surface area (Å²) in [5.41, 5.74) is 1.39. The molecule has 3 aromatic rings. The predicted octanol–water partition coefficient (Wildman–Crippen LogP) is 2.84. The van der Waals surface area contributed by atoms with Gasteiger partial charge in [-0.3, -0.25) is 14.9 Å². The number of fused-ring (bicyclic) bond motifs is 1. The number of carbonyl (C=O) groups is 2. The lowest BCUT2D eigenvalue weighted by atomic mass is 10.1. The molecule has 2 aromatic carbocycles. The van der Waals surface area contributed by atoms with Gasteiger partial charge in [0.05, 0.1) is 11.1 Å². The lowest BCUT2D eigenvalue weighted by molar-refractivity contribution is -0.116. The molecule has 0 unspecified atom stereocenters. The fraction of sp³-hybridized carbons (Fsp3) is 0.0526. The van der Waals surface area contributed by atoms with Gasteiger partial charge < -0.3 is 15.0 Å². The molecule has 1 aliphatic rings. The van der Waals surface area contributed by atoms with Crippen molar-refractivity contribution < 1.29 is 14.7 Å². The largest absolute Gasteiger partial charge is 0.494 e. The molecular weight excluding hydrogens is 400 g/mol. The fourth-order valence-corrected chi connectivity index (χ4v) is 3.47. The first-order chi connectivity index (χ1) is 13.4. The Labute approximate surface area is 169 Å². The third-order valence-corrected chi connectivity index (χ3v) is 4.67. The van der Waals surface area contributed by atoms with E-state index in [4.69, 9.17) is 23.8 Å². The van der Waals surface area contributed by atoms with E-state index in [1.54, 1.807) is 48.5 Å². The van der Waals surface area contributed by atoms with Gasteiger partial charge in [0.1, 0.15) is 12.3 Å². The highest BCUT2D eigenvalue weighted by atomic mass is 35.5. The second kappa shape index (κ2) is 7.06. The maximum Gasteiger partial charge on any atom is 0.277 e. The molecule has 0 atom stereocenters. The number of nitrogens with zero attached hydrogens (tertiary/aromatic N) is 2. The minimum absolute atomic E-state index is 0.0210. The number of aliphatic imine (C=N–C) groups is 1. The standard InChI is InChI=1S/C19H13ClN4O3S/c20-10-4-3-5-11(8-10)21-14(25)9-24-13-7-2-1-6-12(13)15(18(24)27)16-17(26)23-19(28)22-16/h1-8,27H,9H2,(H,21,25)(H,23,26,28). The van der Waals surface area contributed by atoms with Crippen molar-refractivity contribution in [2.75, 3.05) is 5.32 Å². The van der Waals surface area contributed by atoms with Gasteiger partial charge in [0.2, 0.25) is 16.9 Å². The maximum absolute atomic E-state index is 12.5. The molecule has 140 valence electrons. The number of carbonyl (C=O) groups excluding carboxylic acids is 2. The average Bonchev–Trinajstić information content (AvgIpc) is 3.11. The molecule has 2 amide bonds. The Morgan fingerprint density at radius 1 is 1.25 bits per heavy atom. The zero-order valence-corrected chi connectivity index (χ0v) is 15.8. The van der Waals surface area contributed by atoms with Gasteiger partial charge in [-0.15, -0.1) is 0 Å². The lowest BCUT2D eigenvalue weighted by Gasteiger charge is -2.09. The van der Waals surface area contributed by atoms with Gasteiger partial charge >= 0.3 is 0 Å². The van der Waals surface area contributed by atoms with E-state index in [1.165, 1.54) is 4.57 Å². The number of nitrogens with one attached hydrogen (secondary N) is 2. The van der Waals surface area contributed by atoms with E-state index in [9.17, 15) is 14.7 Å². The van der Waals surface area contributed by atoms with Crippen molar-refractivity contribution in [1.29, 1.82) is 0 Å². The summed E-state index contributed by atoms with van der Waals surface area (Å²) in [7, 11) is 0. The number of thiocarbonyl (C=S) groups is 1. The molecular formula is C19H13ClN4O3S. The Morgan fingerprint density at radius 2 is 2.04 bits per heavy atom. The summed E-state index contributed by atoms with van der Waals surface area (Å²) >= 11 is 10.9. The van der Waals surface area contributed by atoms with Crippen LogP contribution in [0.25, 0.3) is 10.9 Å². The van der Waals surface area contributed by atoms with Gasteiger partial charge in [0, 0.05) is 16.1 Å². The van der Waals surface area contributed by atoms with Gasteiger partial charge in [-0.2, -0.15) is 0 Å². The Morgan fingerprint density at radius 3 is 2.75 bits per heavy atom. The molecule has 0 saturated carbocycles. The van der Waals surface area contributed by atoms with Crippen LogP contribution < -0.4 is 10.6 Å². The summed E-state index contributed by atoms with van der Waals surface area (Å²) in [6, 6.07) is 13.8. The van der Waals surface area contributed by atoms with Crippen LogP contribution in [0.5, 0.6) is 5.88 Å². The van der Waals surface area contributed by atoms with E-state index in [2.05, 4.69) is 15.6 Å². The fourth-order valence-electron chi connectivity index (χ4n) is 3.10. The topological polar surface area (TPSA) is 95.7 Å². The first-order valence-electron chi connectivity index (χ1n) is 8.24. The van der Waals surface area contributed by atoms with Crippen LogP contribution in [0.3, 0.4) is 0 Å². The van der Waals surface area contributed by atoms with Crippen LogP contribution in [0.2, 0.25) is 5.02 Å². The predicted molar refractivity (Wildman–Crippen MR) is 111 cm³/mol. The van der Waals surface area contributed by atoms with E-state index in [-0.39, 0.29) is 34.7 Å². The first kappa shape index (κ1) is 18.1. The Balaban J connectivity index is 1.73. The SMILES string of the molecule is O=C(Cn1c(O)c(C2=NC(=S)NC2=O)c2ccccc21)Nc1cccc(Cl)c1. The number of amides is 2. The minimum Gasteiger partial charge on any atom is -0.494 e. The summed E-state index contributed by atoms with van der Waals surface area (Å²) < 4.78 is 1.42. The molecule has 4 rings (SSSR count). The molecule has 0 bridgehead atoms. The summed E-state index contributed by atoms with van der Waals surface area (Å²) in [6.45, 7) is -0.168. The van der Waals surface area contributed by atoms with Crippen LogP contribution in [0.4, 0.5) is 5.69 Å². The van der Waals surface area contributed by atoms with Gasteiger partial charge in [0.25, 0.3) is 5.91 Å². The van der Waals surface area contributed by atoms with Crippen molar-refractivity contribution in [3.05, 3.63) is 59.1 Å². The van der Waals surface area contributed by atoms with Crippen molar-refractivity contribution in [3.63, 3.8) is 0 Å². The van der Waals surface area contributed by atoms with Crippen LogP contribution >= 0.6 is 23.8 Å². The number of aromatic nitrogens is 1. The normalized spacial score (nSPS) is 13.5. The second-order valence-corrected chi connectivity index (χ2v) is 6.90. The molecule has 0 fully saturated rings. The minimum atomic E-state index is -0.494. The van der Waals surface area contributed by atoms with Crippen molar-refractivity contribution >= 4 is 63.0 Å². The molecule has 0 saturated heterocycles. The van der Waals surface area contributed by atoms with E-state index < -0.39 is 5.91 Å². The van der Waals surface area contributed by atoms with Gasteiger partial charge in [-0.1, -0.05) is 35.9 Å². The molecule has 0 radical (unpaired) electrons. The van der Waals surface area contributed by atoms with Crippen molar-refractivity contribution in [2.24, 2.45) is 4.99 Å². The Kier molecular flexibility index (Phi) is 4.58. The molecule has 3 N–H and O–H groups in total. The van der Waals surface area contributed by atoms with Gasteiger partial charge in [0.15, 0.2) is 0 Å². The average molecular weight is 413 g/mol. The number of hydrogen-bond acceptors (Lipinski definition) is 4. The quantitative estimate of drug-likeness (QED) is 0.574. The number of hydrogen-bond donors (Lipinski definition) is 3. The molecule has 0 aliphatic carbocycles. The van der Waals surface area contributed by atoms with Crippen LogP contribution in [0.15, 0.2) is 53.5 Å². The second-order valence-electron chi connectivity index (χ2n) is 6.08. The Hall–Kier alpha value is -3.23. The maximum atomic E-state index is 12.5. The van der Waals surface area contributed by atoms with Crippen LogP contribution in [0, 0.1) is 0 Å². The number of anilines is 1. The molecule has 28 heavy (non-hydrogen) atoms. The number of benzene rings is 2. The summed E-state index contributed by atoms with van der Waals surface area (Å²) in [5.74, 6) is -1.09. The third-order valence-electron chi connectivity index (χ3n) is 4.24. The molecule has 1 aromatic heterocycles. The summed E-state index contributed by atoms with van der Waals surface area (Å²) in [6.07, 6.45) is 0. The highest BCUT2D eigenvalue weighted by molar-refractivity contribution is 7.80. The lowest BCUT2D eigenvalue weighted by Crippen LogP contribution is -2.25. The van der Waals surface area contributed by atoms with E-state index >= 15 is 0 Å². The number of aromatic hydroxyl groups is 1. The van der Waals surface area contributed by atoms with Crippen molar-refractivity contribution in [1.82, 2.24) is 9.88 Å². The van der Waals surface area contributed by atoms with Crippen molar-refractivity contribution in [3.8, 4) is 5.88 Å². The Bertz CT molecular complexity index is 1190. The first-order valence-corrected chi connectivity index (χ1v) is 9.02. The molecule has 7 nitrogen and oxygen atoms in total. The monoisotopic (exact) mass is 412 g/mol. The summed E-state index contributed by atoms with van der Waals surface area (Å²) in [5, 5.41) is 17.1. The van der Waals surface area contributed by atoms with Gasteiger partial charge in [-0.25, -0.2) is 4.99 Å². The molecule has 0 spiro atoms. The zero-order chi connectivity index (χ0) is 19.8. The number of rotatable bonds is 4. The highest BCUT2D eigenvalue weighted by Crippen LogP contribution is 2.32. The number of para-hydroxylation sites is 1. The van der Waals surface area contributed by atoms with E-state index in [0.717, 1.165) is 0 Å². The van der Waals surface area contributed by atoms with Gasteiger partial charge in [-0.05, 0) is 36.5 Å². The molecule has 1 aliphatic heterocycles. The van der Waals surface area contributed by atoms with Crippen LogP contribution in [-0.4, -0.2) is 32.3 Å². The van der Waals surface area contributed by atoms with E-state index in [0.29, 0.717) is 21.6 Å². The molecule has 2 heterocycles. The summed E-state index contributed by atoms with van der Waals surface area (Å²) in [4.78, 5) is 28.7. The van der Waals surface area contributed by atoms with Crippen LogP contribution in [-0.2, 0) is 16.1 Å². The number of halogens is 1. The zero-order valence-electron chi connectivity index (χ0n) is 14.3. The molecule has 9 heteroatoms. The van der Waals surface area contributed by atoms with Crippen molar-refractivity contribution in [2.45, 2.75) is 6.54 Å². The smallest absolute Gasteiger partial charge is 0.277 e.